The smallest absolute Gasteiger partial charge is 0.410 e. The molecule has 1 saturated heterocycles. The second-order valence-corrected chi connectivity index (χ2v) is 7.44. The third-order valence-electron chi connectivity index (χ3n) is 3.72. The highest BCUT2D eigenvalue weighted by Crippen LogP contribution is 2.19. The molecule has 0 unspecified atom stereocenters. The van der Waals surface area contributed by atoms with Gasteiger partial charge in [-0.3, -0.25) is 0 Å². The fourth-order valence-corrected chi connectivity index (χ4v) is 2.77. The second kappa shape index (κ2) is 7.97. The van der Waals surface area contributed by atoms with Crippen LogP contribution in [0.1, 0.15) is 39.2 Å². The Hall–Kier alpha value is -1.33. The van der Waals surface area contributed by atoms with E-state index in [2.05, 4.69) is 10.3 Å². The topological polar surface area (TPSA) is 54.5 Å². The summed E-state index contributed by atoms with van der Waals surface area (Å²) >= 11 is 5.78. The summed E-state index contributed by atoms with van der Waals surface area (Å²) in [5.41, 5.74) is 0.665. The number of carbonyl (C=O) groups is 1. The first-order valence-electron chi connectivity index (χ1n) is 8.12. The van der Waals surface area contributed by atoms with Crippen molar-refractivity contribution in [2.24, 2.45) is 5.92 Å². The summed E-state index contributed by atoms with van der Waals surface area (Å²) in [6, 6.07) is 3.76. The molecule has 5 nitrogen and oxygen atoms in total. The molecule has 1 aromatic heterocycles. The Morgan fingerprint density at radius 2 is 2.26 bits per heavy atom. The molecule has 0 saturated carbocycles. The number of pyridine rings is 1. The SMILES string of the molecule is CC(C)(C)OC(=O)N1CCC[C@@H](CNCc2ccc(Cl)nc2)C1. The molecule has 1 atom stereocenters. The van der Waals surface area contributed by atoms with Crippen LogP contribution in [0.25, 0.3) is 0 Å². The molecule has 1 aliphatic rings. The van der Waals surface area contributed by atoms with Gasteiger partial charge in [0.25, 0.3) is 0 Å². The van der Waals surface area contributed by atoms with Gasteiger partial charge in [-0.25, -0.2) is 9.78 Å². The molecule has 0 aliphatic carbocycles. The van der Waals surface area contributed by atoms with E-state index < -0.39 is 5.60 Å². The Kier molecular flexibility index (Phi) is 6.25. The van der Waals surface area contributed by atoms with Gasteiger partial charge >= 0.3 is 6.09 Å². The largest absolute Gasteiger partial charge is 0.444 e. The summed E-state index contributed by atoms with van der Waals surface area (Å²) in [5.74, 6) is 0.455. The van der Waals surface area contributed by atoms with Crippen LogP contribution >= 0.6 is 11.6 Å². The van der Waals surface area contributed by atoms with E-state index in [1.807, 2.05) is 31.7 Å². The zero-order chi connectivity index (χ0) is 16.9. The lowest BCUT2D eigenvalue weighted by Gasteiger charge is -2.34. The molecule has 1 fully saturated rings. The third kappa shape index (κ3) is 6.36. The highest BCUT2D eigenvalue weighted by atomic mass is 35.5. The van der Waals surface area contributed by atoms with Gasteiger partial charge < -0.3 is 15.0 Å². The number of piperidine rings is 1. The summed E-state index contributed by atoms with van der Waals surface area (Å²) < 4.78 is 5.46. The number of nitrogens with zero attached hydrogens (tertiary/aromatic N) is 2. The maximum absolute atomic E-state index is 12.1. The van der Waals surface area contributed by atoms with Gasteiger partial charge in [-0.15, -0.1) is 0 Å². The van der Waals surface area contributed by atoms with Gasteiger partial charge in [-0.2, -0.15) is 0 Å². The second-order valence-electron chi connectivity index (χ2n) is 7.05. The minimum atomic E-state index is -0.441. The van der Waals surface area contributed by atoms with Crippen LogP contribution in [0.4, 0.5) is 4.79 Å². The van der Waals surface area contributed by atoms with Gasteiger partial charge in [-0.05, 0) is 57.7 Å². The maximum Gasteiger partial charge on any atom is 0.410 e. The Labute approximate surface area is 143 Å². The summed E-state index contributed by atoms with van der Waals surface area (Å²) in [4.78, 5) is 18.0. The van der Waals surface area contributed by atoms with Gasteiger partial charge in [0.05, 0.1) is 0 Å². The number of halogens is 1. The maximum atomic E-state index is 12.1. The first kappa shape index (κ1) is 18.0. The number of carbonyl (C=O) groups excluding carboxylic acids is 1. The predicted molar refractivity (Wildman–Crippen MR) is 91.5 cm³/mol. The quantitative estimate of drug-likeness (QED) is 0.853. The number of ether oxygens (including phenoxy) is 1. The lowest BCUT2D eigenvalue weighted by Crippen LogP contribution is -2.45. The summed E-state index contributed by atoms with van der Waals surface area (Å²) in [6.07, 6.45) is 3.73. The van der Waals surface area contributed by atoms with Crippen LogP contribution in [0.15, 0.2) is 18.3 Å². The molecule has 23 heavy (non-hydrogen) atoms. The highest BCUT2D eigenvalue weighted by molar-refractivity contribution is 6.29. The fraction of sp³-hybridized carbons (Fsp3) is 0.647. The molecule has 6 heteroatoms. The normalized spacial score (nSPS) is 18.8. The molecule has 2 rings (SSSR count). The molecule has 1 amide bonds. The monoisotopic (exact) mass is 339 g/mol. The van der Waals surface area contributed by atoms with Crippen LogP contribution in [0.3, 0.4) is 0 Å². The Morgan fingerprint density at radius 1 is 1.48 bits per heavy atom. The van der Waals surface area contributed by atoms with Crippen molar-refractivity contribution in [1.29, 1.82) is 0 Å². The number of nitrogens with one attached hydrogen (secondary N) is 1. The standard InChI is InChI=1S/C17H26ClN3O2/c1-17(2,3)23-16(22)21-8-4-5-14(12-21)10-19-9-13-6-7-15(18)20-11-13/h6-7,11,14,19H,4-5,8-10,12H2,1-3H3/t14-/m0/s1. The van der Waals surface area contributed by atoms with Crippen LogP contribution in [-0.4, -0.2) is 41.2 Å². The molecular weight excluding hydrogens is 314 g/mol. The number of hydrogen-bond acceptors (Lipinski definition) is 4. The third-order valence-corrected chi connectivity index (χ3v) is 3.95. The summed E-state index contributed by atoms with van der Waals surface area (Å²) in [5, 5.41) is 3.95. The van der Waals surface area contributed by atoms with Crippen LogP contribution in [-0.2, 0) is 11.3 Å². The van der Waals surface area contributed by atoms with Crippen molar-refractivity contribution in [2.45, 2.75) is 45.8 Å². The van der Waals surface area contributed by atoms with Gasteiger partial charge in [0.1, 0.15) is 10.8 Å². The van der Waals surface area contributed by atoms with E-state index in [9.17, 15) is 4.79 Å². The number of aromatic nitrogens is 1. The van der Waals surface area contributed by atoms with Crippen LogP contribution in [0.2, 0.25) is 5.15 Å². The van der Waals surface area contributed by atoms with Crippen LogP contribution in [0.5, 0.6) is 0 Å². The number of hydrogen-bond donors (Lipinski definition) is 1. The molecular formula is C17H26ClN3O2. The van der Waals surface area contributed by atoms with E-state index in [1.165, 1.54) is 0 Å². The van der Waals surface area contributed by atoms with E-state index in [0.29, 0.717) is 11.1 Å². The van der Waals surface area contributed by atoms with Gasteiger partial charge in [0.2, 0.25) is 0 Å². The molecule has 1 N–H and O–H groups in total. The minimum absolute atomic E-state index is 0.205. The van der Waals surface area contributed by atoms with Crippen molar-refractivity contribution >= 4 is 17.7 Å². The van der Waals surface area contributed by atoms with Crippen molar-refractivity contribution in [2.75, 3.05) is 19.6 Å². The lowest BCUT2D eigenvalue weighted by atomic mass is 9.98. The van der Waals surface area contributed by atoms with Crippen molar-refractivity contribution < 1.29 is 9.53 Å². The first-order valence-corrected chi connectivity index (χ1v) is 8.50. The Bertz CT molecular complexity index is 514. The van der Waals surface area contributed by atoms with Gasteiger partial charge in [0, 0.05) is 25.8 Å². The van der Waals surface area contributed by atoms with E-state index in [0.717, 1.165) is 44.6 Å². The van der Waals surface area contributed by atoms with E-state index in [4.69, 9.17) is 16.3 Å². The predicted octanol–water partition coefficient (Wildman–Crippen LogP) is 3.47. The highest BCUT2D eigenvalue weighted by Gasteiger charge is 2.27. The van der Waals surface area contributed by atoms with Gasteiger partial charge in [-0.1, -0.05) is 17.7 Å². The number of rotatable bonds is 4. The van der Waals surface area contributed by atoms with Crippen molar-refractivity contribution in [1.82, 2.24) is 15.2 Å². The molecule has 0 radical (unpaired) electrons. The Morgan fingerprint density at radius 3 is 2.91 bits per heavy atom. The first-order chi connectivity index (χ1) is 10.8. The zero-order valence-corrected chi connectivity index (χ0v) is 14.9. The number of likely N-dealkylation sites (tertiary alicyclic amines) is 1. The van der Waals surface area contributed by atoms with Crippen LogP contribution < -0.4 is 5.32 Å². The van der Waals surface area contributed by atoms with Crippen molar-refractivity contribution in [3.63, 3.8) is 0 Å². The molecule has 1 aromatic rings. The molecule has 128 valence electrons. The molecule has 2 heterocycles. The fourth-order valence-electron chi connectivity index (χ4n) is 2.66. The summed E-state index contributed by atoms with van der Waals surface area (Å²) in [6.45, 7) is 8.86. The molecule has 0 spiro atoms. The van der Waals surface area contributed by atoms with Gasteiger partial charge in [0.15, 0.2) is 0 Å². The molecule has 1 aliphatic heterocycles. The zero-order valence-electron chi connectivity index (χ0n) is 14.1. The summed E-state index contributed by atoms with van der Waals surface area (Å²) in [7, 11) is 0. The van der Waals surface area contributed by atoms with Crippen molar-refractivity contribution in [3.8, 4) is 0 Å². The number of amides is 1. The molecule has 0 aromatic carbocycles. The van der Waals surface area contributed by atoms with E-state index in [-0.39, 0.29) is 6.09 Å². The Balaban J connectivity index is 1.75. The van der Waals surface area contributed by atoms with Crippen LogP contribution in [0, 0.1) is 5.92 Å². The average Bonchev–Trinajstić information content (AvgIpc) is 2.48. The lowest BCUT2D eigenvalue weighted by molar-refractivity contribution is 0.0166. The van der Waals surface area contributed by atoms with Crippen molar-refractivity contribution in [3.05, 3.63) is 29.0 Å². The minimum Gasteiger partial charge on any atom is -0.444 e. The molecule has 0 bridgehead atoms. The van der Waals surface area contributed by atoms with E-state index in [1.54, 1.807) is 12.3 Å². The van der Waals surface area contributed by atoms with E-state index >= 15 is 0 Å². The average molecular weight is 340 g/mol.